The van der Waals surface area contributed by atoms with Gasteiger partial charge in [0.25, 0.3) is 0 Å². The summed E-state index contributed by atoms with van der Waals surface area (Å²) in [5, 5.41) is 21.3. The molecular weight excluding hydrogens is 220 g/mol. The predicted octanol–water partition coefficient (Wildman–Crippen LogP) is -0.133. The molecule has 1 heterocycles. The Morgan fingerprint density at radius 1 is 1.60 bits per heavy atom. The van der Waals surface area contributed by atoms with Crippen LogP contribution in [0.25, 0.3) is 0 Å². The van der Waals surface area contributed by atoms with E-state index in [2.05, 4.69) is 15.3 Å². The number of aliphatic hydroxyl groups is 2. The number of anilines is 2. The standard InChI is InChI=1S/C8H13ClN4O2/c1-8(15,4-14)3-11-6-2-5(9)12-7(10)13-6/h2,14-15H,3-4H2,1H3,(H3,10,11,12,13). The van der Waals surface area contributed by atoms with Gasteiger partial charge in [0.15, 0.2) is 0 Å². The monoisotopic (exact) mass is 232 g/mol. The molecule has 6 nitrogen and oxygen atoms in total. The van der Waals surface area contributed by atoms with Crippen molar-refractivity contribution in [3.8, 4) is 0 Å². The molecule has 0 radical (unpaired) electrons. The van der Waals surface area contributed by atoms with Gasteiger partial charge in [0, 0.05) is 12.6 Å². The van der Waals surface area contributed by atoms with E-state index in [1.165, 1.54) is 13.0 Å². The SMILES string of the molecule is CC(O)(CO)CNc1cc(Cl)nc(N)n1. The molecule has 0 spiro atoms. The van der Waals surface area contributed by atoms with Crippen LogP contribution in [0.4, 0.5) is 11.8 Å². The highest BCUT2D eigenvalue weighted by molar-refractivity contribution is 6.29. The summed E-state index contributed by atoms with van der Waals surface area (Å²) in [6, 6.07) is 1.48. The normalized spacial score (nSPS) is 14.7. The minimum absolute atomic E-state index is 0.0497. The van der Waals surface area contributed by atoms with Crippen molar-refractivity contribution in [3.63, 3.8) is 0 Å². The van der Waals surface area contributed by atoms with E-state index in [0.717, 1.165) is 0 Å². The number of halogens is 1. The fraction of sp³-hybridized carbons (Fsp3) is 0.500. The van der Waals surface area contributed by atoms with E-state index < -0.39 is 5.60 Å². The Balaban J connectivity index is 2.65. The van der Waals surface area contributed by atoms with Gasteiger partial charge < -0.3 is 21.3 Å². The number of nitrogens with two attached hydrogens (primary N) is 1. The highest BCUT2D eigenvalue weighted by Gasteiger charge is 2.18. The first-order valence-corrected chi connectivity index (χ1v) is 4.68. The van der Waals surface area contributed by atoms with Crippen LogP contribution in [0.2, 0.25) is 5.15 Å². The number of aliphatic hydroxyl groups excluding tert-OH is 1. The Morgan fingerprint density at radius 2 is 2.27 bits per heavy atom. The smallest absolute Gasteiger partial charge is 0.223 e. The van der Waals surface area contributed by atoms with E-state index in [1.54, 1.807) is 0 Å². The minimum atomic E-state index is -1.22. The second kappa shape index (κ2) is 4.61. The molecule has 84 valence electrons. The van der Waals surface area contributed by atoms with E-state index in [-0.39, 0.29) is 24.3 Å². The van der Waals surface area contributed by atoms with Crippen molar-refractivity contribution >= 4 is 23.4 Å². The number of nitrogen functional groups attached to an aromatic ring is 1. The van der Waals surface area contributed by atoms with Crippen LogP contribution in [0, 0.1) is 0 Å². The predicted molar refractivity (Wildman–Crippen MR) is 57.7 cm³/mol. The molecule has 0 aliphatic heterocycles. The number of hydrogen-bond acceptors (Lipinski definition) is 6. The molecule has 0 bridgehead atoms. The molecule has 0 aliphatic carbocycles. The lowest BCUT2D eigenvalue weighted by Gasteiger charge is -2.20. The summed E-state index contributed by atoms with van der Waals surface area (Å²) in [6.07, 6.45) is 0. The lowest BCUT2D eigenvalue weighted by atomic mass is 10.1. The van der Waals surface area contributed by atoms with Crippen molar-refractivity contribution in [2.75, 3.05) is 24.2 Å². The van der Waals surface area contributed by atoms with Crippen molar-refractivity contribution in [2.45, 2.75) is 12.5 Å². The van der Waals surface area contributed by atoms with E-state index in [1.807, 2.05) is 0 Å². The topological polar surface area (TPSA) is 104 Å². The van der Waals surface area contributed by atoms with Gasteiger partial charge in [0.2, 0.25) is 5.95 Å². The zero-order chi connectivity index (χ0) is 11.5. The molecule has 0 aliphatic rings. The van der Waals surface area contributed by atoms with E-state index >= 15 is 0 Å². The third-order valence-electron chi connectivity index (χ3n) is 1.70. The zero-order valence-electron chi connectivity index (χ0n) is 8.24. The Labute approximate surface area is 92.1 Å². The maximum absolute atomic E-state index is 9.50. The quantitative estimate of drug-likeness (QED) is 0.539. The number of aromatic nitrogens is 2. The first-order chi connectivity index (χ1) is 6.93. The van der Waals surface area contributed by atoms with Crippen LogP contribution < -0.4 is 11.1 Å². The van der Waals surface area contributed by atoms with Crippen molar-refractivity contribution in [1.29, 1.82) is 0 Å². The number of rotatable bonds is 4. The molecule has 5 N–H and O–H groups in total. The summed E-state index contributed by atoms with van der Waals surface area (Å²) in [7, 11) is 0. The lowest BCUT2D eigenvalue weighted by molar-refractivity contribution is 0.0132. The van der Waals surface area contributed by atoms with Gasteiger partial charge in [-0.15, -0.1) is 0 Å². The summed E-state index contributed by atoms with van der Waals surface area (Å²) in [6.45, 7) is 1.27. The second-order valence-electron chi connectivity index (χ2n) is 3.44. The summed E-state index contributed by atoms with van der Waals surface area (Å²) >= 11 is 5.65. The number of nitrogens with zero attached hydrogens (tertiary/aromatic N) is 2. The molecule has 0 saturated heterocycles. The molecule has 1 unspecified atom stereocenters. The fourth-order valence-corrected chi connectivity index (χ4v) is 1.05. The van der Waals surface area contributed by atoms with Crippen LogP contribution in [0.15, 0.2) is 6.07 Å². The maximum atomic E-state index is 9.50. The van der Waals surface area contributed by atoms with E-state index in [0.29, 0.717) is 5.82 Å². The molecule has 15 heavy (non-hydrogen) atoms. The Bertz CT molecular complexity index is 325. The van der Waals surface area contributed by atoms with Gasteiger partial charge in [-0.25, -0.2) is 4.98 Å². The molecular formula is C8H13ClN4O2. The maximum Gasteiger partial charge on any atom is 0.223 e. The second-order valence-corrected chi connectivity index (χ2v) is 3.83. The van der Waals surface area contributed by atoms with Crippen LogP contribution in [0.1, 0.15) is 6.92 Å². The third-order valence-corrected chi connectivity index (χ3v) is 1.90. The highest BCUT2D eigenvalue weighted by atomic mass is 35.5. The third kappa shape index (κ3) is 3.86. The van der Waals surface area contributed by atoms with Gasteiger partial charge in [0.05, 0.1) is 6.61 Å². The van der Waals surface area contributed by atoms with Crippen LogP contribution in [-0.2, 0) is 0 Å². The van der Waals surface area contributed by atoms with Crippen molar-refractivity contribution in [2.24, 2.45) is 0 Å². The molecule has 7 heteroatoms. The summed E-state index contributed by atoms with van der Waals surface area (Å²) in [5.41, 5.74) is 4.16. The van der Waals surface area contributed by atoms with Crippen LogP contribution >= 0.6 is 11.6 Å². The van der Waals surface area contributed by atoms with Crippen LogP contribution in [0.3, 0.4) is 0 Å². The molecule has 1 aromatic rings. The van der Waals surface area contributed by atoms with Gasteiger partial charge in [-0.2, -0.15) is 4.98 Å². The fourth-order valence-electron chi connectivity index (χ4n) is 0.863. The van der Waals surface area contributed by atoms with E-state index in [9.17, 15) is 5.11 Å². The van der Waals surface area contributed by atoms with Crippen molar-refractivity contribution < 1.29 is 10.2 Å². The number of hydrogen-bond donors (Lipinski definition) is 4. The van der Waals surface area contributed by atoms with Gasteiger partial charge in [-0.1, -0.05) is 11.6 Å². The lowest BCUT2D eigenvalue weighted by Crippen LogP contribution is -2.37. The molecule has 0 fully saturated rings. The molecule has 0 aromatic carbocycles. The van der Waals surface area contributed by atoms with Crippen LogP contribution in [0.5, 0.6) is 0 Å². The minimum Gasteiger partial charge on any atom is -0.393 e. The van der Waals surface area contributed by atoms with Gasteiger partial charge in [-0.3, -0.25) is 0 Å². The largest absolute Gasteiger partial charge is 0.393 e. The molecule has 0 saturated carbocycles. The zero-order valence-corrected chi connectivity index (χ0v) is 8.99. The highest BCUT2D eigenvalue weighted by Crippen LogP contribution is 2.13. The van der Waals surface area contributed by atoms with Crippen LogP contribution in [-0.4, -0.2) is 38.9 Å². The summed E-state index contributed by atoms with van der Waals surface area (Å²) in [5.74, 6) is 0.454. The Hall–Kier alpha value is -1.11. The molecule has 1 aromatic heterocycles. The van der Waals surface area contributed by atoms with Gasteiger partial charge in [-0.05, 0) is 6.92 Å². The van der Waals surface area contributed by atoms with Gasteiger partial charge in [0.1, 0.15) is 16.6 Å². The first-order valence-electron chi connectivity index (χ1n) is 4.30. The molecule has 1 rings (SSSR count). The van der Waals surface area contributed by atoms with Gasteiger partial charge >= 0.3 is 0 Å². The summed E-state index contributed by atoms with van der Waals surface area (Å²) < 4.78 is 0. The number of nitrogens with one attached hydrogen (secondary N) is 1. The summed E-state index contributed by atoms with van der Waals surface area (Å²) in [4.78, 5) is 7.53. The Morgan fingerprint density at radius 3 is 2.80 bits per heavy atom. The molecule has 0 amide bonds. The average Bonchev–Trinajstić information content (AvgIpc) is 2.14. The first kappa shape index (κ1) is 12.0. The van der Waals surface area contributed by atoms with Crippen molar-refractivity contribution in [3.05, 3.63) is 11.2 Å². The average molecular weight is 233 g/mol. The van der Waals surface area contributed by atoms with E-state index in [4.69, 9.17) is 22.4 Å². The van der Waals surface area contributed by atoms with Crippen molar-refractivity contribution in [1.82, 2.24) is 9.97 Å². The Kier molecular flexibility index (Phi) is 3.67. The molecule has 1 atom stereocenters.